The third-order valence-corrected chi connectivity index (χ3v) is 3.06. The molecule has 1 aromatic heterocycles. The van der Waals surface area contributed by atoms with Crippen molar-refractivity contribution in [2.45, 2.75) is 25.8 Å². The van der Waals surface area contributed by atoms with Gasteiger partial charge < -0.3 is 14.6 Å². The van der Waals surface area contributed by atoms with Crippen LogP contribution in [-0.4, -0.2) is 37.0 Å². The standard InChI is InChI=1S/C12H18N2O2/c1-9-5-7-16-11(9)12(15)14(2)8-10-4-3-6-13-10/h5,7,10,13H,3-4,6,8H2,1-2H3. The Morgan fingerprint density at radius 1 is 1.69 bits per heavy atom. The largest absolute Gasteiger partial charge is 0.459 e. The monoisotopic (exact) mass is 222 g/mol. The van der Waals surface area contributed by atoms with E-state index >= 15 is 0 Å². The van der Waals surface area contributed by atoms with Crippen LogP contribution >= 0.6 is 0 Å². The van der Waals surface area contributed by atoms with E-state index in [-0.39, 0.29) is 5.91 Å². The maximum atomic E-state index is 12.0. The summed E-state index contributed by atoms with van der Waals surface area (Å²) in [7, 11) is 1.82. The summed E-state index contributed by atoms with van der Waals surface area (Å²) in [6.45, 7) is 3.70. The number of aryl methyl sites for hydroxylation is 1. The number of likely N-dealkylation sites (N-methyl/N-ethyl adjacent to an activating group) is 1. The molecular weight excluding hydrogens is 204 g/mol. The van der Waals surface area contributed by atoms with Gasteiger partial charge in [-0.2, -0.15) is 0 Å². The topological polar surface area (TPSA) is 45.5 Å². The minimum atomic E-state index is -0.0313. The summed E-state index contributed by atoms with van der Waals surface area (Å²) in [5, 5.41) is 3.38. The average Bonchev–Trinajstić information content (AvgIpc) is 2.88. The van der Waals surface area contributed by atoms with Crippen LogP contribution < -0.4 is 5.32 Å². The molecule has 4 nitrogen and oxygen atoms in total. The Kier molecular flexibility index (Phi) is 3.29. The summed E-state index contributed by atoms with van der Waals surface area (Å²) < 4.78 is 5.20. The maximum Gasteiger partial charge on any atom is 0.289 e. The molecule has 0 aliphatic carbocycles. The highest BCUT2D eigenvalue weighted by atomic mass is 16.3. The smallest absolute Gasteiger partial charge is 0.289 e. The lowest BCUT2D eigenvalue weighted by Gasteiger charge is -2.20. The van der Waals surface area contributed by atoms with Gasteiger partial charge in [-0.1, -0.05) is 0 Å². The SMILES string of the molecule is Cc1ccoc1C(=O)N(C)CC1CCCN1. The van der Waals surface area contributed by atoms with Gasteiger partial charge in [0.15, 0.2) is 5.76 Å². The van der Waals surface area contributed by atoms with Crippen molar-refractivity contribution in [3.05, 3.63) is 23.7 Å². The van der Waals surface area contributed by atoms with Gasteiger partial charge in [0.2, 0.25) is 0 Å². The number of rotatable bonds is 3. The first-order valence-corrected chi connectivity index (χ1v) is 5.71. The second-order valence-corrected chi connectivity index (χ2v) is 4.41. The van der Waals surface area contributed by atoms with E-state index < -0.39 is 0 Å². The number of hydrogen-bond donors (Lipinski definition) is 1. The molecule has 88 valence electrons. The Hall–Kier alpha value is -1.29. The fraction of sp³-hybridized carbons (Fsp3) is 0.583. The molecule has 1 N–H and O–H groups in total. The van der Waals surface area contributed by atoms with E-state index in [1.807, 2.05) is 20.0 Å². The Bertz CT molecular complexity index is 367. The van der Waals surface area contributed by atoms with Gasteiger partial charge in [-0.25, -0.2) is 0 Å². The van der Waals surface area contributed by atoms with E-state index in [9.17, 15) is 4.79 Å². The number of nitrogens with zero attached hydrogens (tertiary/aromatic N) is 1. The van der Waals surface area contributed by atoms with Crippen LogP contribution in [0.2, 0.25) is 0 Å². The highest BCUT2D eigenvalue weighted by Gasteiger charge is 2.22. The molecule has 0 spiro atoms. The first kappa shape index (κ1) is 11.2. The molecule has 0 bridgehead atoms. The molecule has 16 heavy (non-hydrogen) atoms. The highest BCUT2D eigenvalue weighted by Crippen LogP contribution is 2.13. The van der Waals surface area contributed by atoms with Crippen LogP contribution in [0.1, 0.15) is 29.0 Å². The molecule has 1 aromatic rings. The molecule has 1 saturated heterocycles. The number of nitrogens with one attached hydrogen (secondary N) is 1. The van der Waals surface area contributed by atoms with E-state index in [4.69, 9.17) is 4.42 Å². The Labute approximate surface area is 95.6 Å². The van der Waals surface area contributed by atoms with Gasteiger partial charge in [-0.15, -0.1) is 0 Å². The summed E-state index contributed by atoms with van der Waals surface area (Å²) in [4.78, 5) is 13.7. The second-order valence-electron chi connectivity index (χ2n) is 4.41. The van der Waals surface area contributed by atoms with Gasteiger partial charge in [0.25, 0.3) is 5.91 Å². The molecule has 1 unspecified atom stereocenters. The fourth-order valence-corrected chi connectivity index (χ4v) is 2.09. The summed E-state index contributed by atoms with van der Waals surface area (Å²) in [6.07, 6.45) is 3.91. The van der Waals surface area contributed by atoms with Crippen LogP contribution in [0, 0.1) is 6.92 Å². The van der Waals surface area contributed by atoms with Gasteiger partial charge in [0, 0.05) is 25.2 Å². The molecule has 1 aliphatic heterocycles. The van der Waals surface area contributed by atoms with Crippen LogP contribution in [0.3, 0.4) is 0 Å². The Balaban J connectivity index is 1.96. The lowest BCUT2D eigenvalue weighted by molar-refractivity contribution is 0.0751. The van der Waals surface area contributed by atoms with Crippen molar-refractivity contribution < 1.29 is 9.21 Å². The molecule has 1 amide bonds. The van der Waals surface area contributed by atoms with Gasteiger partial charge in [0.1, 0.15) is 0 Å². The third kappa shape index (κ3) is 2.27. The van der Waals surface area contributed by atoms with Crippen molar-refractivity contribution in [3.8, 4) is 0 Å². The van der Waals surface area contributed by atoms with Crippen LogP contribution in [0.4, 0.5) is 0 Å². The molecule has 1 fully saturated rings. The van der Waals surface area contributed by atoms with Crippen molar-refractivity contribution in [1.82, 2.24) is 10.2 Å². The predicted octanol–water partition coefficient (Wildman–Crippen LogP) is 1.41. The number of furan rings is 1. The normalized spacial score (nSPS) is 20.0. The van der Waals surface area contributed by atoms with Crippen LogP contribution in [0.25, 0.3) is 0 Å². The highest BCUT2D eigenvalue weighted by molar-refractivity contribution is 5.92. The number of carbonyl (C=O) groups excluding carboxylic acids is 1. The first-order chi connectivity index (χ1) is 7.68. The molecule has 1 aliphatic rings. The predicted molar refractivity (Wildman–Crippen MR) is 61.4 cm³/mol. The number of amides is 1. The van der Waals surface area contributed by atoms with Gasteiger partial charge in [0.05, 0.1) is 6.26 Å². The summed E-state index contributed by atoms with van der Waals surface area (Å²) in [5.74, 6) is 0.427. The third-order valence-electron chi connectivity index (χ3n) is 3.06. The van der Waals surface area contributed by atoms with Gasteiger partial charge >= 0.3 is 0 Å². The van der Waals surface area contributed by atoms with E-state index in [2.05, 4.69) is 5.32 Å². The van der Waals surface area contributed by atoms with Crippen molar-refractivity contribution in [3.63, 3.8) is 0 Å². The summed E-state index contributed by atoms with van der Waals surface area (Å²) >= 11 is 0. The summed E-state index contributed by atoms with van der Waals surface area (Å²) in [6, 6.07) is 2.25. The first-order valence-electron chi connectivity index (χ1n) is 5.71. The Morgan fingerprint density at radius 3 is 3.06 bits per heavy atom. The summed E-state index contributed by atoms with van der Waals surface area (Å²) in [5.41, 5.74) is 0.899. The Morgan fingerprint density at radius 2 is 2.50 bits per heavy atom. The lowest BCUT2D eigenvalue weighted by Crippen LogP contribution is -2.38. The zero-order valence-electron chi connectivity index (χ0n) is 9.82. The van der Waals surface area contributed by atoms with E-state index in [0.29, 0.717) is 11.8 Å². The second kappa shape index (κ2) is 4.70. The maximum absolute atomic E-state index is 12.0. The van der Waals surface area contributed by atoms with Gasteiger partial charge in [-0.3, -0.25) is 4.79 Å². The molecule has 0 radical (unpaired) electrons. The molecule has 0 saturated carbocycles. The van der Waals surface area contributed by atoms with E-state index in [0.717, 1.165) is 25.1 Å². The van der Waals surface area contributed by atoms with Crippen LogP contribution in [-0.2, 0) is 0 Å². The van der Waals surface area contributed by atoms with Crippen molar-refractivity contribution in [1.29, 1.82) is 0 Å². The fourth-order valence-electron chi connectivity index (χ4n) is 2.09. The number of hydrogen-bond acceptors (Lipinski definition) is 3. The van der Waals surface area contributed by atoms with Crippen molar-refractivity contribution in [2.24, 2.45) is 0 Å². The molecular formula is C12H18N2O2. The average molecular weight is 222 g/mol. The minimum Gasteiger partial charge on any atom is -0.459 e. The lowest BCUT2D eigenvalue weighted by atomic mass is 10.2. The minimum absolute atomic E-state index is 0.0313. The molecule has 1 atom stereocenters. The zero-order chi connectivity index (χ0) is 11.5. The number of carbonyl (C=O) groups is 1. The van der Waals surface area contributed by atoms with Gasteiger partial charge in [-0.05, 0) is 32.4 Å². The quantitative estimate of drug-likeness (QED) is 0.841. The molecule has 4 heteroatoms. The molecule has 2 heterocycles. The molecule has 0 aromatic carbocycles. The van der Waals surface area contributed by atoms with Crippen LogP contribution in [0.5, 0.6) is 0 Å². The van der Waals surface area contributed by atoms with E-state index in [1.54, 1.807) is 11.2 Å². The van der Waals surface area contributed by atoms with Crippen molar-refractivity contribution in [2.75, 3.05) is 20.1 Å². The van der Waals surface area contributed by atoms with E-state index in [1.165, 1.54) is 6.42 Å². The zero-order valence-corrected chi connectivity index (χ0v) is 9.82. The molecule has 2 rings (SSSR count). The van der Waals surface area contributed by atoms with Crippen LogP contribution in [0.15, 0.2) is 16.7 Å². The van der Waals surface area contributed by atoms with Crippen molar-refractivity contribution >= 4 is 5.91 Å².